The Labute approximate surface area is 132 Å². The van der Waals surface area contributed by atoms with Crippen LogP contribution in [0.4, 0.5) is 0 Å². The molecule has 3 aromatic rings. The molecule has 21 heavy (non-hydrogen) atoms. The van der Waals surface area contributed by atoms with Crippen LogP contribution in [0, 0.1) is 0 Å². The predicted octanol–water partition coefficient (Wildman–Crippen LogP) is 4.54. The zero-order valence-corrected chi connectivity index (χ0v) is 13.6. The summed E-state index contributed by atoms with van der Waals surface area (Å²) in [4.78, 5) is 0. The lowest BCUT2D eigenvalue weighted by Crippen LogP contribution is -2.02. The summed E-state index contributed by atoms with van der Waals surface area (Å²) < 4.78 is 3.10. The molecular weight excluding hydrogens is 328 g/mol. The molecule has 0 fully saturated rings. The van der Waals surface area contributed by atoms with E-state index < -0.39 is 0 Å². The Morgan fingerprint density at radius 1 is 1.14 bits per heavy atom. The third-order valence-corrected chi connectivity index (χ3v) is 4.06. The van der Waals surface area contributed by atoms with Gasteiger partial charge in [-0.15, -0.1) is 0 Å². The van der Waals surface area contributed by atoms with E-state index in [0.717, 1.165) is 32.2 Å². The molecule has 3 rings (SSSR count). The van der Waals surface area contributed by atoms with Gasteiger partial charge in [0, 0.05) is 21.5 Å². The summed E-state index contributed by atoms with van der Waals surface area (Å²) in [7, 11) is 0. The van der Waals surface area contributed by atoms with E-state index in [1.54, 1.807) is 0 Å². The fraction of sp³-hybridized carbons (Fsp3) is 0.235. The van der Waals surface area contributed by atoms with Crippen LogP contribution in [-0.2, 0) is 6.61 Å². The highest BCUT2D eigenvalue weighted by Gasteiger charge is 2.14. The molecule has 0 amide bonds. The van der Waals surface area contributed by atoms with Gasteiger partial charge in [0.15, 0.2) is 0 Å². The minimum atomic E-state index is 0.0625. The molecule has 0 aliphatic carbocycles. The van der Waals surface area contributed by atoms with E-state index in [-0.39, 0.29) is 6.61 Å². The topological polar surface area (TPSA) is 38.0 Å². The number of nitrogens with zero attached hydrogens (tertiary/aromatic N) is 2. The summed E-state index contributed by atoms with van der Waals surface area (Å²) in [5.74, 6) is 0. The average molecular weight is 345 g/mol. The van der Waals surface area contributed by atoms with E-state index in [1.165, 1.54) is 0 Å². The summed E-state index contributed by atoms with van der Waals surface area (Å²) in [6.07, 6.45) is 0. The quantitative estimate of drug-likeness (QED) is 0.757. The van der Waals surface area contributed by atoms with Gasteiger partial charge in [0.05, 0.1) is 12.1 Å². The van der Waals surface area contributed by atoms with Crippen molar-refractivity contribution < 1.29 is 5.11 Å². The van der Waals surface area contributed by atoms with Gasteiger partial charge in [-0.25, -0.2) is 0 Å². The molecule has 0 spiro atoms. The molecule has 1 aromatic heterocycles. The molecule has 1 N–H and O–H groups in total. The molecule has 0 aliphatic heterocycles. The van der Waals surface area contributed by atoms with Gasteiger partial charge in [0.2, 0.25) is 0 Å². The number of hydrogen-bond acceptors (Lipinski definition) is 2. The summed E-state index contributed by atoms with van der Waals surface area (Å²) in [6.45, 7) is 4.33. The lowest BCUT2D eigenvalue weighted by Gasteiger charge is -2.06. The zero-order chi connectivity index (χ0) is 15.0. The first kappa shape index (κ1) is 14.3. The molecule has 0 bridgehead atoms. The number of rotatable bonds is 3. The minimum absolute atomic E-state index is 0.0625. The molecule has 2 aromatic carbocycles. The lowest BCUT2D eigenvalue weighted by atomic mass is 10.1. The number of fused-ring (bicyclic) bond motifs is 1. The van der Waals surface area contributed by atoms with Gasteiger partial charge in [-0.3, -0.25) is 4.68 Å². The monoisotopic (exact) mass is 344 g/mol. The van der Waals surface area contributed by atoms with E-state index in [1.807, 2.05) is 30.3 Å². The van der Waals surface area contributed by atoms with Crippen LogP contribution in [0.2, 0.25) is 0 Å². The van der Waals surface area contributed by atoms with Crippen molar-refractivity contribution in [2.45, 2.75) is 26.5 Å². The molecular formula is C17H17BrN2O. The van der Waals surface area contributed by atoms with Crippen molar-refractivity contribution in [1.82, 2.24) is 9.78 Å². The smallest absolute Gasteiger partial charge is 0.100 e. The Balaban J connectivity index is 2.23. The fourth-order valence-corrected chi connectivity index (χ4v) is 2.85. The van der Waals surface area contributed by atoms with Crippen molar-refractivity contribution in [3.63, 3.8) is 0 Å². The van der Waals surface area contributed by atoms with Gasteiger partial charge in [0.1, 0.15) is 5.69 Å². The largest absolute Gasteiger partial charge is 0.392 e. The minimum Gasteiger partial charge on any atom is -0.392 e. The summed E-state index contributed by atoms with van der Waals surface area (Å²) in [6, 6.07) is 14.5. The maximum atomic E-state index is 9.16. The highest BCUT2D eigenvalue weighted by atomic mass is 79.9. The molecule has 0 radical (unpaired) electrons. The van der Waals surface area contributed by atoms with Crippen LogP contribution in [0.5, 0.6) is 0 Å². The van der Waals surface area contributed by atoms with Crippen molar-refractivity contribution in [2.24, 2.45) is 0 Å². The summed E-state index contributed by atoms with van der Waals surface area (Å²) in [5, 5.41) is 15.1. The van der Waals surface area contributed by atoms with Crippen LogP contribution in [0.25, 0.3) is 22.2 Å². The van der Waals surface area contributed by atoms with Gasteiger partial charge in [-0.05, 0) is 37.6 Å². The van der Waals surface area contributed by atoms with E-state index in [2.05, 4.69) is 46.6 Å². The maximum absolute atomic E-state index is 9.16. The van der Waals surface area contributed by atoms with Crippen LogP contribution in [-0.4, -0.2) is 14.9 Å². The number of aromatic nitrogens is 2. The third-order valence-electron chi connectivity index (χ3n) is 3.57. The SMILES string of the molecule is CC(C)n1nc(-c2ccc(CO)cc2)c2cc(Br)ccc21. The Morgan fingerprint density at radius 3 is 2.48 bits per heavy atom. The van der Waals surface area contributed by atoms with Gasteiger partial charge < -0.3 is 5.11 Å². The normalized spacial score (nSPS) is 11.5. The summed E-state index contributed by atoms with van der Waals surface area (Å²) in [5.41, 5.74) is 4.08. The highest BCUT2D eigenvalue weighted by Crippen LogP contribution is 2.31. The molecule has 3 nitrogen and oxygen atoms in total. The molecule has 0 aliphatic rings. The van der Waals surface area contributed by atoms with Crippen LogP contribution >= 0.6 is 15.9 Å². The summed E-state index contributed by atoms with van der Waals surface area (Å²) >= 11 is 3.54. The molecule has 1 heterocycles. The van der Waals surface area contributed by atoms with Crippen LogP contribution < -0.4 is 0 Å². The van der Waals surface area contributed by atoms with Crippen LogP contribution in [0.1, 0.15) is 25.5 Å². The van der Waals surface area contributed by atoms with Gasteiger partial charge >= 0.3 is 0 Å². The second kappa shape index (κ2) is 5.62. The zero-order valence-electron chi connectivity index (χ0n) is 12.0. The highest BCUT2D eigenvalue weighted by molar-refractivity contribution is 9.10. The Hall–Kier alpha value is -1.65. The van der Waals surface area contributed by atoms with Crippen LogP contribution in [0.15, 0.2) is 46.9 Å². The van der Waals surface area contributed by atoms with Crippen LogP contribution in [0.3, 0.4) is 0 Å². The molecule has 0 saturated carbocycles. The Kier molecular flexibility index (Phi) is 3.83. The van der Waals surface area contributed by atoms with Gasteiger partial charge in [-0.2, -0.15) is 5.10 Å². The average Bonchev–Trinajstić information content (AvgIpc) is 2.86. The lowest BCUT2D eigenvalue weighted by molar-refractivity contribution is 0.282. The Bertz CT molecular complexity index is 775. The number of benzene rings is 2. The number of hydrogen-bond donors (Lipinski definition) is 1. The van der Waals surface area contributed by atoms with Crippen molar-refractivity contribution in [3.05, 3.63) is 52.5 Å². The van der Waals surface area contributed by atoms with E-state index >= 15 is 0 Å². The number of halogens is 1. The maximum Gasteiger partial charge on any atom is 0.100 e. The van der Waals surface area contributed by atoms with E-state index in [0.29, 0.717) is 6.04 Å². The van der Waals surface area contributed by atoms with Crippen molar-refractivity contribution >= 4 is 26.8 Å². The first-order valence-corrected chi connectivity index (χ1v) is 7.77. The molecule has 0 unspecified atom stereocenters. The first-order chi connectivity index (χ1) is 10.1. The van der Waals surface area contributed by atoms with Crippen molar-refractivity contribution in [1.29, 1.82) is 0 Å². The second-order valence-electron chi connectivity index (χ2n) is 5.40. The second-order valence-corrected chi connectivity index (χ2v) is 6.32. The van der Waals surface area contributed by atoms with Gasteiger partial charge in [0.25, 0.3) is 0 Å². The molecule has 4 heteroatoms. The van der Waals surface area contributed by atoms with E-state index in [4.69, 9.17) is 10.2 Å². The predicted molar refractivity (Wildman–Crippen MR) is 89.2 cm³/mol. The Morgan fingerprint density at radius 2 is 1.86 bits per heavy atom. The van der Waals surface area contributed by atoms with E-state index in [9.17, 15) is 0 Å². The van der Waals surface area contributed by atoms with Crippen molar-refractivity contribution in [2.75, 3.05) is 0 Å². The number of aliphatic hydroxyl groups is 1. The fourth-order valence-electron chi connectivity index (χ4n) is 2.49. The number of aliphatic hydroxyl groups excluding tert-OH is 1. The standard InChI is InChI=1S/C17H17BrN2O/c1-11(2)20-16-8-7-14(18)9-15(16)17(19-20)13-5-3-12(10-21)4-6-13/h3-9,11,21H,10H2,1-2H3. The first-order valence-electron chi connectivity index (χ1n) is 6.98. The van der Waals surface area contributed by atoms with Crippen molar-refractivity contribution in [3.8, 4) is 11.3 Å². The third kappa shape index (κ3) is 2.61. The molecule has 108 valence electrons. The molecule has 0 saturated heterocycles. The molecule has 0 atom stereocenters. The van der Waals surface area contributed by atoms with Gasteiger partial charge in [-0.1, -0.05) is 40.2 Å².